The Morgan fingerprint density at radius 2 is 1.45 bits per heavy atom. The minimum absolute atomic E-state index is 0.125. The molecule has 0 fully saturated rings. The lowest BCUT2D eigenvalue weighted by molar-refractivity contribution is -0.115. The predicted molar refractivity (Wildman–Crippen MR) is 80.7 cm³/mol. The summed E-state index contributed by atoms with van der Waals surface area (Å²) in [6.45, 7) is 0. The van der Waals surface area contributed by atoms with Gasteiger partial charge in [-0.3, -0.25) is 14.4 Å². The van der Waals surface area contributed by atoms with E-state index in [0.29, 0.717) is 16.7 Å². The highest BCUT2D eigenvalue weighted by Crippen LogP contribution is 2.27. The highest BCUT2D eigenvalue weighted by Gasteiger charge is 2.41. The van der Waals surface area contributed by atoms with Crippen molar-refractivity contribution in [1.29, 1.82) is 0 Å². The molecule has 22 heavy (non-hydrogen) atoms. The molecule has 0 saturated heterocycles. The lowest BCUT2D eigenvalue weighted by atomic mass is 9.97. The van der Waals surface area contributed by atoms with Crippen LogP contribution < -0.4 is 0 Å². The fraction of sp³-hybridized carbons (Fsp3) is 0.0556. The van der Waals surface area contributed by atoms with Crippen LogP contribution in [0.4, 0.5) is 0 Å². The van der Waals surface area contributed by atoms with Gasteiger partial charge in [0.05, 0.1) is 0 Å². The second-order valence-corrected chi connectivity index (χ2v) is 5.03. The van der Waals surface area contributed by atoms with Gasteiger partial charge in [0.2, 0.25) is 0 Å². The summed E-state index contributed by atoms with van der Waals surface area (Å²) in [7, 11) is 0. The normalized spacial score (nSPS) is 14.5. The Kier molecular flexibility index (Phi) is 3.43. The van der Waals surface area contributed by atoms with Crippen LogP contribution in [0.25, 0.3) is 6.08 Å². The van der Waals surface area contributed by atoms with Crippen LogP contribution >= 0.6 is 0 Å². The van der Waals surface area contributed by atoms with Crippen molar-refractivity contribution >= 4 is 23.4 Å². The molecule has 108 valence electrons. The first-order chi connectivity index (χ1) is 10.6. The summed E-state index contributed by atoms with van der Waals surface area (Å²) >= 11 is 0. The first kappa shape index (κ1) is 13.9. The zero-order valence-electron chi connectivity index (χ0n) is 11.5. The van der Waals surface area contributed by atoms with Gasteiger partial charge in [0, 0.05) is 11.1 Å². The molecule has 4 nitrogen and oxygen atoms in total. The van der Waals surface area contributed by atoms with Gasteiger partial charge in [0.1, 0.15) is 11.7 Å². The van der Waals surface area contributed by atoms with Crippen LogP contribution in [-0.2, 0) is 4.79 Å². The lowest BCUT2D eigenvalue weighted by Crippen LogP contribution is -2.23. The first-order valence-corrected chi connectivity index (χ1v) is 6.76. The minimum Gasteiger partial charge on any atom is -0.508 e. The molecule has 0 radical (unpaired) electrons. The van der Waals surface area contributed by atoms with E-state index in [-0.39, 0.29) is 5.75 Å². The maximum atomic E-state index is 12.2. The van der Waals surface area contributed by atoms with Crippen LogP contribution in [0.15, 0.2) is 54.6 Å². The number of hydrogen-bond donors (Lipinski definition) is 1. The molecular weight excluding hydrogens is 280 g/mol. The fourth-order valence-electron chi connectivity index (χ4n) is 2.46. The van der Waals surface area contributed by atoms with Crippen LogP contribution in [-0.4, -0.2) is 22.5 Å². The number of phenols is 1. The summed E-state index contributed by atoms with van der Waals surface area (Å²) in [6.07, 6.45) is 2.75. The highest BCUT2D eigenvalue weighted by atomic mass is 16.3. The summed E-state index contributed by atoms with van der Waals surface area (Å²) in [6, 6.07) is 12.7. The summed E-state index contributed by atoms with van der Waals surface area (Å²) in [5.41, 5.74) is 1.31. The van der Waals surface area contributed by atoms with Gasteiger partial charge in [0.15, 0.2) is 17.3 Å². The minimum atomic E-state index is -1.27. The molecule has 1 aliphatic rings. The zero-order valence-corrected chi connectivity index (χ0v) is 11.5. The molecular formula is C18H12O4. The summed E-state index contributed by atoms with van der Waals surface area (Å²) in [5.74, 6) is -2.56. The molecule has 3 rings (SSSR count). The van der Waals surface area contributed by atoms with E-state index in [9.17, 15) is 19.5 Å². The Balaban J connectivity index is 1.83. The van der Waals surface area contributed by atoms with Crippen LogP contribution in [0.3, 0.4) is 0 Å². The molecule has 2 aromatic carbocycles. The average molecular weight is 292 g/mol. The molecule has 0 unspecified atom stereocenters. The van der Waals surface area contributed by atoms with Crippen LogP contribution in [0.2, 0.25) is 0 Å². The van der Waals surface area contributed by atoms with Gasteiger partial charge in [-0.15, -0.1) is 0 Å². The molecule has 0 atom stereocenters. The van der Waals surface area contributed by atoms with Gasteiger partial charge in [-0.2, -0.15) is 0 Å². The van der Waals surface area contributed by atoms with Gasteiger partial charge in [-0.1, -0.05) is 42.5 Å². The predicted octanol–water partition coefficient (Wildman–Crippen LogP) is 2.67. The maximum Gasteiger partial charge on any atom is 0.182 e. The lowest BCUT2D eigenvalue weighted by Gasteiger charge is -2.01. The van der Waals surface area contributed by atoms with Crippen molar-refractivity contribution in [2.75, 3.05) is 0 Å². The molecule has 2 aromatic rings. The van der Waals surface area contributed by atoms with Crippen molar-refractivity contribution in [2.24, 2.45) is 5.92 Å². The Hall–Kier alpha value is -3.01. The van der Waals surface area contributed by atoms with E-state index in [4.69, 9.17) is 0 Å². The fourth-order valence-corrected chi connectivity index (χ4v) is 2.46. The van der Waals surface area contributed by atoms with E-state index in [1.807, 2.05) is 0 Å². The van der Waals surface area contributed by atoms with E-state index in [2.05, 4.69) is 0 Å². The van der Waals surface area contributed by atoms with E-state index in [0.717, 1.165) is 0 Å². The number of benzene rings is 2. The van der Waals surface area contributed by atoms with Gasteiger partial charge in [0.25, 0.3) is 0 Å². The third-order valence-corrected chi connectivity index (χ3v) is 3.60. The second-order valence-electron chi connectivity index (χ2n) is 5.03. The Bertz CT molecular complexity index is 765. The molecule has 0 aliphatic heterocycles. The Morgan fingerprint density at radius 3 is 2.00 bits per heavy atom. The number of rotatable bonds is 3. The number of carbonyl (C=O) groups excluding carboxylic acids is 3. The van der Waals surface area contributed by atoms with E-state index in [1.54, 1.807) is 36.4 Å². The van der Waals surface area contributed by atoms with Gasteiger partial charge in [-0.05, 0) is 23.8 Å². The number of Topliss-reactive ketones (excluding diaryl/α,β-unsaturated/α-hetero) is 2. The van der Waals surface area contributed by atoms with E-state index in [1.165, 1.54) is 24.3 Å². The van der Waals surface area contributed by atoms with Crippen molar-refractivity contribution in [1.82, 2.24) is 0 Å². The monoisotopic (exact) mass is 292 g/mol. The Labute approximate surface area is 126 Å². The second kappa shape index (κ2) is 5.41. The first-order valence-electron chi connectivity index (χ1n) is 6.76. The van der Waals surface area contributed by atoms with Crippen molar-refractivity contribution in [3.63, 3.8) is 0 Å². The topological polar surface area (TPSA) is 71.4 Å². The molecule has 0 amide bonds. The highest BCUT2D eigenvalue weighted by molar-refractivity contribution is 6.37. The largest absolute Gasteiger partial charge is 0.508 e. The standard InChI is InChI=1S/C18H12O4/c19-12-8-5-11(6-9-12)7-10-15(20)16-17(21)13-3-1-2-4-14(13)18(16)22/h1-10,16,19H. The Morgan fingerprint density at radius 1 is 0.909 bits per heavy atom. The molecule has 1 N–H and O–H groups in total. The molecule has 4 heteroatoms. The number of fused-ring (bicyclic) bond motifs is 1. The maximum absolute atomic E-state index is 12.2. The molecule has 0 saturated carbocycles. The summed E-state index contributed by atoms with van der Waals surface area (Å²) in [5, 5.41) is 9.20. The van der Waals surface area contributed by atoms with Crippen LogP contribution in [0.5, 0.6) is 5.75 Å². The van der Waals surface area contributed by atoms with Crippen LogP contribution in [0.1, 0.15) is 26.3 Å². The number of phenolic OH excluding ortho intramolecular Hbond substituents is 1. The molecule has 0 spiro atoms. The van der Waals surface area contributed by atoms with Gasteiger partial charge >= 0.3 is 0 Å². The van der Waals surface area contributed by atoms with E-state index < -0.39 is 23.3 Å². The van der Waals surface area contributed by atoms with Crippen molar-refractivity contribution in [3.05, 3.63) is 71.3 Å². The zero-order chi connectivity index (χ0) is 15.7. The summed E-state index contributed by atoms with van der Waals surface area (Å²) in [4.78, 5) is 36.6. The average Bonchev–Trinajstić information content (AvgIpc) is 2.79. The van der Waals surface area contributed by atoms with Gasteiger partial charge < -0.3 is 5.11 Å². The number of hydrogen-bond acceptors (Lipinski definition) is 4. The summed E-state index contributed by atoms with van der Waals surface area (Å²) < 4.78 is 0. The van der Waals surface area contributed by atoms with Crippen molar-refractivity contribution in [3.8, 4) is 5.75 Å². The van der Waals surface area contributed by atoms with E-state index >= 15 is 0 Å². The van der Waals surface area contributed by atoms with Crippen molar-refractivity contribution in [2.45, 2.75) is 0 Å². The smallest absolute Gasteiger partial charge is 0.182 e. The van der Waals surface area contributed by atoms with Crippen molar-refractivity contribution < 1.29 is 19.5 Å². The third-order valence-electron chi connectivity index (χ3n) is 3.60. The number of allylic oxidation sites excluding steroid dienone is 1. The van der Waals surface area contributed by atoms with Gasteiger partial charge in [-0.25, -0.2) is 0 Å². The molecule has 0 heterocycles. The SMILES string of the molecule is O=C(C=Cc1ccc(O)cc1)C1C(=O)c2ccccc2C1=O. The molecule has 1 aliphatic carbocycles. The number of ketones is 3. The molecule has 0 bridgehead atoms. The number of carbonyl (C=O) groups is 3. The molecule has 0 aromatic heterocycles. The van der Waals surface area contributed by atoms with Crippen LogP contribution in [0, 0.1) is 5.92 Å². The third kappa shape index (κ3) is 2.35. The quantitative estimate of drug-likeness (QED) is 0.697. The number of aromatic hydroxyl groups is 1.